The van der Waals surface area contributed by atoms with Gasteiger partial charge in [-0.25, -0.2) is 13.8 Å². The van der Waals surface area contributed by atoms with Gasteiger partial charge >= 0.3 is 0 Å². The van der Waals surface area contributed by atoms with E-state index in [0.29, 0.717) is 19.5 Å². The molecule has 1 fully saturated rings. The van der Waals surface area contributed by atoms with Crippen molar-refractivity contribution < 1.29 is 13.9 Å². The number of β-amino-alcohol motifs (C(OH)–C–C–N with tert-alkyl or cyclic N) is 1. The predicted octanol–water partition coefficient (Wildman–Crippen LogP) is 0.931. The average Bonchev–Trinajstić information content (AvgIpc) is 2.51. The smallest absolute Gasteiger partial charge is 0.168 e. The summed E-state index contributed by atoms with van der Waals surface area (Å²) in [5, 5.41) is 9.24. The van der Waals surface area contributed by atoms with Crippen LogP contribution in [0.2, 0.25) is 0 Å². The summed E-state index contributed by atoms with van der Waals surface area (Å²) in [6.45, 7) is 0.909. The molecule has 2 rings (SSSR count). The third kappa shape index (κ3) is 1.68. The van der Waals surface area contributed by atoms with Gasteiger partial charge in [0.2, 0.25) is 0 Å². The largest absolute Gasteiger partial charge is 0.391 e. The van der Waals surface area contributed by atoms with Crippen LogP contribution in [-0.2, 0) is 0 Å². The molecule has 1 aromatic rings. The van der Waals surface area contributed by atoms with Crippen molar-refractivity contribution in [3.8, 4) is 0 Å². The highest BCUT2D eigenvalue weighted by Crippen LogP contribution is 2.21. The van der Waals surface area contributed by atoms with E-state index in [1.165, 1.54) is 0 Å². The Hall–Kier alpha value is -1.23. The van der Waals surface area contributed by atoms with Crippen LogP contribution in [0.5, 0.6) is 0 Å². The van der Waals surface area contributed by atoms with E-state index in [0.717, 1.165) is 12.3 Å². The van der Waals surface area contributed by atoms with Crippen molar-refractivity contribution in [3.05, 3.63) is 23.9 Å². The summed E-state index contributed by atoms with van der Waals surface area (Å²) in [5.74, 6) is -1.26. The van der Waals surface area contributed by atoms with E-state index >= 15 is 0 Å². The highest BCUT2D eigenvalue weighted by Gasteiger charge is 2.23. The molecule has 1 atom stereocenters. The molecule has 0 spiro atoms. The quantitative estimate of drug-likeness (QED) is 0.732. The Kier molecular flexibility index (Phi) is 2.33. The molecular formula is C9H10F2N2O. The molecular weight excluding hydrogens is 190 g/mol. The highest BCUT2D eigenvalue weighted by molar-refractivity contribution is 5.41. The van der Waals surface area contributed by atoms with Crippen LogP contribution in [0.1, 0.15) is 6.42 Å². The molecule has 0 aromatic carbocycles. The van der Waals surface area contributed by atoms with Gasteiger partial charge in [-0.1, -0.05) is 0 Å². The van der Waals surface area contributed by atoms with Gasteiger partial charge in [-0.15, -0.1) is 0 Å². The molecule has 5 heteroatoms. The molecule has 1 aromatic heterocycles. The number of hydrogen-bond acceptors (Lipinski definition) is 3. The van der Waals surface area contributed by atoms with Gasteiger partial charge in [0.1, 0.15) is 5.82 Å². The average molecular weight is 200 g/mol. The Morgan fingerprint density at radius 1 is 1.50 bits per heavy atom. The summed E-state index contributed by atoms with van der Waals surface area (Å²) in [7, 11) is 0. The molecule has 0 amide bonds. The van der Waals surface area contributed by atoms with Crippen LogP contribution in [0.25, 0.3) is 0 Å². The van der Waals surface area contributed by atoms with Crippen molar-refractivity contribution >= 4 is 5.82 Å². The zero-order chi connectivity index (χ0) is 10.1. The van der Waals surface area contributed by atoms with E-state index in [-0.39, 0.29) is 5.82 Å². The van der Waals surface area contributed by atoms with Gasteiger partial charge in [0.15, 0.2) is 11.6 Å². The third-order valence-electron chi connectivity index (χ3n) is 2.25. The molecule has 3 nitrogen and oxygen atoms in total. The van der Waals surface area contributed by atoms with Crippen molar-refractivity contribution in [1.82, 2.24) is 4.98 Å². The molecule has 1 aliphatic heterocycles. The first-order chi connectivity index (χ1) is 6.66. The van der Waals surface area contributed by atoms with Gasteiger partial charge in [0.05, 0.1) is 12.3 Å². The van der Waals surface area contributed by atoms with Crippen molar-refractivity contribution in [3.63, 3.8) is 0 Å². The first-order valence-corrected chi connectivity index (χ1v) is 4.41. The van der Waals surface area contributed by atoms with E-state index in [1.54, 1.807) is 4.90 Å². The maximum Gasteiger partial charge on any atom is 0.168 e. The van der Waals surface area contributed by atoms with Crippen LogP contribution in [0.3, 0.4) is 0 Å². The molecule has 14 heavy (non-hydrogen) atoms. The fraction of sp³-hybridized carbons (Fsp3) is 0.444. The third-order valence-corrected chi connectivity index (χ3v) is 2.25. The van der Waals surface area contributed by atoms with Crippen molar-refractivity contribution in [2.75, 3.05) is 18.0 Å². The second-order valence-electron chi connectivity index (χ2n) is 3.35. The number of aliphatic hydroxyl groups excluding tert-OH is 1. The molecule has 0 bridgehead atoms. The maximum absolute atomic E-state index is 13.2. The lowest BCUT2D eigenvalue weighted by molar-refractivity contribution is 0.198. The van der Waals surface area contributed by atoms with Crippen LogP contribution in [0.4, 0.5) is 14.6 Å². The number of hydrogen-bond donors (Lipinski definition) is 1. The summed E-state index contributed by atoms with van der Waals surface area (Å²) in [5.41, 5.74) is 0. The number of halogens is 2. The van der Waals surface area contributed by atoms with Gasteiger partial charge in [-0.2, -0.15) is 0 Å². The molecule has 0 saturated carbocycles. The zero-order valence-corrected chi connectivity index (χ0v) is 7.45. The first-order valence-electron chi connectivity index (χ1n) is 4.41. The number of pyridine rings is 1. The number of aliphatic hydroxyl groups is 1. The fourth-order valence-electron chi connectivity index (χ4n) is 1.57. The zero-order valence-electron chi connectivity index (χ0n) is 7.45. The SMILES string of the molecule is O[C@@H]1CCN(c2ncc(F)cc2F)C1. The van der Waals surface area contributed by atoms with Crippen molar-refractivity contribution in [1.29, 1.82) is 0 Å². The second kappa shape index (κ2) is 3.49. The number of aromatic nitrogens is 1. The lowest BCUT2D eigenvalue weighted by atomic mass is 10.3. The fourth-order valence-corrected chi connectivity index (χ4v) is 1.57. The highest BCUT2D eigenvalue weighted by atomic mass is 19.1. The predicted molar refractivity (Wildman–Crippen MR) is 47.0 cm³/mol. The minimum absolute atomic E-state index is 0.114. The van der Waals surface area contributed by atoms with Gasteiger partial charge in [-0.3, -0.25) is 0 Å². The molecule has 1 N–H and O–H groups in total. The molecule has 0 radical (unpaired) electrons. The first kappa shape index (κ1) is 9.33. The summed E-state index contributed by atoms with van der Waals surface area (Å²) in [4.78, 5) is 5.27. The Balaban J connectivity index is 2.24. The van der Waals surface area contributed by atoms with Gasteiger partial charge in [0.25, 0.3) is 0 Å². The lowest BCUT2D eigenvalue weighted by Gasteiger charge is -2.16. The van der Waals surface area contributed by atoms with Crippen LogP contribution >= 0.6 is 0 Å². The topological polar surface area (TPSA) is 36.4 Å². The lowest BCUT2D eigenvalue weighted by Crippen LogP contribution is -2.23. The summed E-state index contributed by atoms with van der Waals surface area (Å²) < 4.78 is 25.7. The Bertz CT molecular complexity index is 346. The molecule has 0 aliphatic carbocycles. The minimum atomic E-state index is -0.689. The monoisotopic (exact) mass is 200 g/mol. The standard InChI is InChI=1S/C9H10F2N2O/c10-6-3-8(11)9(12-4-6)13-2-1-7(14)5-13/h3-4,7,14H,1-2,5H2/t7-/m1/s1. The number of rotatable bonds is 1. The van der Waals surface area contributed by atoms with E-state index in [4.69, 9.17) is 0 Å². The van der Waals surface area contributed by atoms with Crippen LogP contribution in [0, 0.1) is 11.6 Å². The normalized spacial score (nSPS) is 21.6. The van der Waals surface area contributed by atoms with Gasteiger partial charge in [0, 0.05) is 19.2 Å². The Morgan fingerprint density at radius 3 is 2.86 bits per heavy atom. The Morgan fingerprint density at radius 2 is 2.29 bits per heavy atom. The molecule has 1 saturated heterocycles. The maximum atomic E-state index is 13.2. The van der Waals surface area contributed by atoms with E-state index in [2.05, 4.69) is 4.98 Å². The summed E-state index contributed by atoms with van der Waals surface area (Å²) in [6.07, 6.45) is 1.13. The minimum Gasteiger partial charge on any atom is -0.391 e. The van der Waals surface area contributed by atoms with E-state index < -0.39 is 17.7 Å². The second-order valence-corrected chi connectivity index (χ2v) is 3.35. The van der Waals surface area contributed by atoms with Gasteiger partial charge < -0.3 is 10.0 Å². The molecule has 2 heterocycles. The van der Waals surface area contributed by atoms with Crippen LogP contribution in [-0.4, -0.2) is 29.3 Å². The van der Waals surface area contributed by atoms with Crippen LogP contribution < -0.4 is 4.90 Å². The van der Waals surface area contributed by atoms with Crippen molar-refractivity contribution in [2.24, 2.45) is 0 Å². The Labute approximate surface area is 80.0 Å². The summed E-state index contributed by atoms with van der Waals surface area (Å²) >= 11 is 0. The van der Waals surface area contributed by atoms with Gasteiger partial charge in [-0.05, 0) is 6.42 Å². The summed E-state index contributed by atoms with van der Waals surface area (Å²) in [6, 6.07) is 0.799. The molecule has 0 unspecified atom stereocenters. The van der Waals surface area contributed by atoms with E-state index in [9.17, 15) is 13.9 Å². The molecule has 1 aliphatic rings. The number of nitrogens with zero attached hydrogens (tertiary/aromatic N) is 2. The van der Waals surface area contributed by atoms with Crippen LogP contribution in [0.15, 0.2) is 12.3 Å². The number of anilines is 1. The van der Waals surface area contributed by atoms with Crippen molar-refractivity contribution in [2.45, 2.75) is 12.5 Å². The van der Waals surface area contributed by atoms with E-state index in [1.807, 2.05) is 0 Å². The molecule has 76 valence electrons.